The Bertz CT molecular complexity index is 640. The average Bonchev–Trinajstić information content (AvgIpc) is 2.53. The molecule has 4 nitrogen and oxygen atoms in total. The molecule has 116 valence electrons. The van der Waals surface area contributed by atoms with Crippen molar-refractivity contribution in [2.75, 3.05) is 6.61 Å². The maximum absolute atomic E-state index is 11.0. The van der Waals surface area contributed by atoms with Gasteiger partial charge in [0.05, 0.1) is 6.61 Å². The number of hydrogen-bond acceptors (Lipinski definition) is 3. The number of aliphatic carboxylic acids is 1. The Hall–Kier alpha value is -2.33. The number of carboxylic acid groups (broad SMARTS) is 1. The highest BCUT2D eigenvalue weighted by Crippen LogP contribution is 2.32. The molecule has 0 spiro atoms. The van der Waals surface area contributed by atoms with E-state index in [-0.39, 0.29) is 6.42 Å². The van der Waals surface area contributed by atoms with E-state index in [9.17, 15) is 4.79 Å². The summed E-state index contributed by atoms with van der Waals surface area (Å²) < 4.78 is 5.80. The molecule has 0 heterocycles. The number of carboxylic acids is 1. The lowest BCUT2D eigenvalue weighted by atomic mass is 9.95. The van der Waals surface area contributed by atoms with Gasteiger partial charge in [0.15, 0.2) is 0 Å². The molecule has 0 amide bonds. The maximum atomic E-state index is 11.0. The summed E-state index contributed by atoms with van der Waals surface area (Å²) >= 11 is 0. The Morgan fingerprint density at radius 1 is 1.14 bits per heavy atom. The highest BCUT2D eigenvalue weighted by molar-refractivity contribution is 5.77. The average molecular weight is 299 g/mol. The largest absolute Gasteiger partial charge is 0.493 e. The van der Waals surface area contributed by atoms with Crippen LogP contribution >= 0.6 is 0 Å². The predicted molar refractivity (Wildman–Crippen MR) is 87.0 cm³/mol. The van der Waals surface area contributed by atoms with Gasteiger partial charge in [-0.05, 0) is 30.0 Å². The van der Waals surface area contributed by atoms with E-state index in [0.29, 0.717) is 6.61 Å². The fraction of sp³-hybridized carbons (Fsp3) is 0.278. The van der Waals surface area contributed by atoms with Gasteiger partial charge >= 0.3 is 5.97 Å². The van der Waals surface area contributed by atoms with Crippen LogP contribution in [0.1, 0.15) is 18.9 Å². The lowest BCUT2D eigenvalue weighted by molar-refractivity contribution is -0.138. The molecule has 0 bridgehead atoms. The van der Waals surface area contributed by atoms with Crippen LogP contribution in [0, 0.1) is 0 Å². The molecule has 2 rings (SSSR count). The number of nitrogens with two attached hydrogens (primary N) is 1. The fourth-order valence-electron chi connectivity index (χ4n) is 2.31. The molecule has 2 aromatic rings. The zero-order valence-corrected chi connectivity index (χ0v) is 12.7. The molecule has 0 fully saturated rings. The fourth-order valence-corrected chi connectivity index (χ4v) is 2.31. The van der Waals surface area contributed by atoms with E-state index in [1.54, 1.807) is 0 Å². The lowest BCUT2D eigenvalue weighted by Crippen LogP contribution is -2.32. The Labute approximate surface area is 130 Å². The molecule has 3 N–H and O–H groups in total. The van der Waals surface area contributed by atoms with E-state index in [4.69, 9.17) is 15.6 Å². The van der Waals surface area contributed by atoms with Gasteiger partial charge in [-0.1, -0.05) is 49.4 Å². The first-order valence-electron chi connectivity index (χ1n) is 7.42. The van der Waals surface area contributed by atoms with Crippen molar-refractivity contribution in [3.8, 4) is 16.9 Å². The van der Waals surface area contributed by atoms with E-state index in [1.807, 2.05) is 48.5 Å². The van der Waals surface area contributed by atoms with Gasteiger partial charge in [0.2, 0.25) is 0 Å². The molecule has 4 heteroatoms. The molecular weight excluding hydrogens is 278 g/mol. The van der Waals surface area contributed by atoms with Gasteiger partial charge < -0.3 is 15.6 Å². The third-order valence-electron chi connectivity index (χ3n) is 3.41. The molecule has 22 heavy (non-hydrogen) atoms. The molecule has 0 aromatic heterocycles. The summed E-state index contributed by atoms with van der Waals surface area (Å²) in [4.78, 5) is 11.0. The summed E-state index contributed by atoms with van der Waals surface area (Å²) in [5.74, 6) is -0.189. The van der Waals surface area contributed by atoms with Crippen LogP contribution in [-0.4, -0.2) is 23.7 Å². The molecule has 0 aliphatic rings. The quantitative estimate of drug-likeness (QED) is 0.824. The summed E-state index contributed by atoms with van der Waals surface area (Å²) in [6.07, 6.45) is 1.22. The van der Waals surface area contributed by atoms with Crippen molar-refractivity contribution in [3.63, 3.8) is 0 Å². The van der Waals surface area contributed by atoms with Crippen LogP contribution in [0.2, 0.25) is 0 Å². The summed E-state index contributed by atoms with van der Waals surface area (Å²) in [5.41, 5.74) is 8.52. The second-order valence-corrected chi connectivity index (χ2v) is 5.15. The van der Waals surface area contributed by atoms with Gasteiger partial charge in [0, 0.05) is 5.56 Å². The summed E-state index contributed by atoms with van der Waals surface area (Å²) in [6, 6.07) is 14.6. The van der Waals surface area contributed by atoms with E-state index in [1.165, 1.54) is 0 Å². The number of benzene rings is 2. The van der Waals surface area contributed by atoms with Crippen molar-refractivity contribution < 1.29 is 14.6 Å². The zero-order chi connectivity index (χ0) is 15.9. The second-order valence-electron chi connectivity index (χ2n) is 5.15. The third-order valence-corrected chi connectivity index (χ3v) is 3.41. The Balaban J connectivity index is 2.38. The van der Waals surface area contributed by atoms with E-state index in [0.717, 1.165) is 28.9 Å². The van der Waals surface area contributed by atoms with E-state index in [2.05, 4.69) is 6.92 Å². The van der Waals surface area contributed by atoms with Crippen LogP contribution in [-0.2, 0) is 11.2 Å². The van der Waals surface area contributed by atoms with Gasteiger partial charge in [-0.2, -0.15) is 0 Å². The van der Waals surface area contributed by atoms with Gasteiger partial charge in [-0.25, -0.2) is 0 Å². The number of rotatable bonds is 7. The summed E-state index contributed by atoms with van der Waals surface area (Å²) in [5, 5.41) is 9.03. The first-order valence-corrected chi connectivity index (χ1v) is 7.42. The molecule has 1 atom stereocenters. The Morgan fingerprint density at radius 2 is 1.77 bits per heavy atom. The van der Waals surface area contributed by atoms with Crippen LogP contribution < -0.4 is 10.5 Å². The molecule has 0 saturated carbocycles. The van der Waals surface area contributed by atoms with Crippen LogP contribution in [0.15, 0.2) is 48.5 Å². The standard InChI is InChI=1S/C18H21NO3/c1-2-11-22-17-10-6-5-9-15(17)14-8-4-3-7-13(14)12-16(19)18(20)21/h3-10,16H,2,11-12,19H2,1H3,(H,20,21)/t16-/m0/s1. The molecule has 0 saturated heterocycles. The first kappa shape index (κ1) is 16.0. The van der Waals surface area contributed by atoms with E-state index >= 15 is 0 Å². The SMILES string of the molecule is CCCOc1ccccc1-c1ccccc1C[C@H](N)C(=O)O. The number of hydrogen-bond donors (Lipinski definition) is 2. The monoisotopic (exact) mass is 299 g/mol. The van der Waals surface area contributed by atoms with Gasteiger partial charge in [-0.3, -0.25) is 4.79 Å². The second kappa shape index (κ2) is 7.61. The van der Waals surface area contributed by atoms with Crippen LogP contribution in [0.3, 0.4) is 0 Å². The van der Waals surface area contributed by atoms with Gasteiger partial charge in [-0.15, -0.1) is 0 Å². The van der Waals surface area contributed by atoms with Crippen LogP contribution in [0.4, 0.5) is 0 Å². The summed E-state index contributed by atoms with van der Waals surface area (Å²) in [6.45, 7) is 2.70. The van der Waals surface area contributed by atoms with Crippen molar-refractivity contribution in [2.45, 2.75) is 25.8 Å². The lowest BCUT2D eigenvalue weighted by Gasteiger charge is -2.15. The molecule has 2 aromatic carbocycles. The van der Waals surface area contributed by atoms with Crippen molar-refractivity contribution >= 4 is 5.97 Å². The minimum absolute atomic E-state index is 0.285. The molecule has 0 unspecified atom stereocenters. The highest BCUT2D eigenvalue weighted by Gasteiger charge is 2.16. The Kier molecular flexibility index (Phi) is 5.55. The zero-order valence-electron chi connectivity index (χ0n) is 12.7. The van der Waals surface area contributed by atoms with Crippen molar-refractivity contribution in [1.82, 2.24) is 0 Å². The topological polar surface area (TPSA) is 72.5 Å². The number of ether oxygens (including phenoxy) is 1. The smallest absolute Gasteiger partial charge is 0.320 e. The van der Waals surface area contributed by atoms with Gasteiger partial charge in [0.1, 0.15) is 11.8 Å². The number of para-hydroxylation sites is 1. The Morgan fingerprint density at radius 3 is 2.45 bits per heavy atom. The van der Waals surface area contributed by atoms with Crippen LogP contribution in [0.5, 0.6) is 5.75 Å². The predicted octanol–water partition coefficient (Wildman–Crippen LogP) is 3.10. The summed E-state index contributed by atoms with van der Waals surface area (Å²) in [7, 11) is 0. The molecule has 0 radical (unpaired) electrons. The minimum atomic E-state index is -0.995. The molecule has 0 aliphatic carbocycles. The third kappa shape index (κ3) is 3.86. The van der Waals surface area contributed by atoms with Gasteiger partial charge in [0.25, 0.3) is 0 Å². The van der Waals surface area contributed by atoms with Crippen molar-refractivity contribution in [3.05, 3.63) is 54.1 Å². The van der Waals surface area contributed by atoms with Crippen molar-refractivity contribution in [2.24, 2.45) is 5.73 Å². The molecular formula is C18H21NO3. The highest BCUT2D eigenvalue weighted by atomic mass is 16.5. The maximum Gasteiger partial charge on any atom is 0.320 e. The molecule has 0 aliphatic heterocycles. The minimum Gasteiger partial charge on any atom is -0.493 e. The van der Waals surface area contributed by atoms with E-state index < -0.39 is 12.0 Å². The van der Waals surface area contributed by atoms with Crippen LogP contribution in [0.25, 0.3) is 11.1 Å². The van der Waals surface area contributed by atoms with Crippen molar-refractivity contribution in [1.29, 1.82) is 0 Å². The number of carbonyl (C=O) groups is 1. The first-order chi connectivity index (χ1) is 10.6. The normalized spacial score (nSPS) is 11.9.